The zero-order valence-corrected chi connectivity index (χ0v) is 14.3. The van der Waals surface area contributed by atoms with Gasteiger partial charge in [0.2, 0.25) is 11.8 Å². The predicted octanol–water partition coefficient (Wildman–Crippen LogP) is 3.19. The topological polar surface area (TPSA) is 49.4 Å². The summed E-state index contributed by atoms with van der Waals surface area (Å²) in [7, 11) is 0. The summed E-state index contributed by atoms with van der Waals surface area (Å²) in [4.78, 5) is 26.3. The molecule has 1 heterocycles. The molecule has 2 amide bonds. The fraction of sp³-hybridized carbons (Fsp3) is 0.263. The van der Waals surface area contributed by atoms with Crippen LogP contribution in [0.15, 0.2) is 48.5 Å². The van der Waals surface area contributed by atoms with Gasteiger partial charge in [-0.05, 0) is 48.7 Å². The molecule has 25 heavy (non-hydrogen) atoms. The smallest absolute Gasteiger partial charge is 0.239 e. The van der Waals surface area contributed by atoms with Gasteiger partial charge in [0.1, 0.15) is 11.7 Å². The molecule has 2 aromatic carbocycles. The summed E-state index contributed by atoms with van der Waals surface area (Å²) in [5.74, 6) is -1.58. The van der Waals surface area contributed by atoms with Crippen molar-refractivity contribution >= 4 is 29.1 Å². The van der Waals surface area contributed by atoms with Crippen LogP contribution in [0, 0.1) is 11.7 Å². The molecule has 1 aliphatic rings. The third kappa shape index (κ3) is 3.99. The lowest BCUT2D eigenvalue weighted by atomic mass is 10.1. The molecule has 1 N–H and O–H groups in total. The van der Waals surface area contributed by atoms with E-state index in [-0.39, 0.29) is 17.6 Å². The van der Waals surface area contributed by atoms with Crippen molar-refractivity contribution in [2.24, 2.45) is 5.92 Å². The van der Waals surface area contributed by atoms with Crippen LogP contribution in [-0.2, 0) is 16.0 Å². The van der Waals surface area contributed by atoms with Gasteiger partial charge in [-0.2, -0.15) is 0 Å². The van der Waals surface area contributed by atoms with Crippen molar-refractivity contribution in [1.82, 2.24) is 5.32 Å². The second-order valence-electron chi connectivity index (χ2n) is 5.94. The number of benzene rings is 2. The van der Waals surface area contributed by atoms with Gasteiger partial charge in [0.05, 0.1) is 0 Å². The molecular weight excluding hydrogens is 343 g/mol. The van der Waals surface area contributed by atoms with E-state index < -0.39 is 5.92 Å². The van der Waals surface area contributed by atoms with Gasteiger partial charge in [-0.1, -0.05) is 29.8 Å². The largest absolute Gasteiger partial charge is 0.355 e. The van der Waals surface area contributed by atoms with Gasteiger partial charge in [0.25, 0.3) is 0 Å². The highest BCUT2D eigenvalue weighted by atomic mass is 35.5. The summed E-state index contributed by atoms with van der Waals surface area (Å²) in [5.41, 5.74) is 1.56. The number of halogens is 2. The van der Waals surface area contributed by atoms with Crippen LogP contribution in [0.5, 0.6) is 0 Å². The maximum Gasteiger partial charge on any atom is 0.239 e. The molecule has 130 valence electrons. The van der Waals surface area contributed by atoms with Crippen molar-refractivity contribution in [2.75, 3.05) is 18.0 Å². The van der Waals surface area contributed by atoms with E-state index in [0.29, 0.717) is 36.6 Å². The number of anilines is 1. The van der Waals surface area contributed by atoms with Crippen molar-refractivity contribution in [3.05, 3.63) is 64.9 Å². The van der Waals surface area contributed by atoms with Gasteiger partial charge in [-0.3, -0.25) is 9.59 Å². The molecule has 0 spiro atoms. The Morgan fingerprint density at radius 1 is 1.20 bits per heavy atom. The van der Waals surface area contributed by atoms with E-state index in [1.807, 2.05) is 18.2 Å². The van der Waals surface area contributed by atoms with E-state index in [0.717, 1.165) is 5.56 Å². The highest BCUT2D eigenvalue weighted by Gasteiger charge is 2.37. The normalized spacial score (nSPS) is 17.0. The van der Waals surface area contributed by atoms with Crippen molar-refractivity contribution in [3.8, 4) is 0 Å². The van der Waals surface area contributed by atoms with Gasteiger partial charge in [0, 0.05) is 23.8 Å². The minimum Gasteiger partial charge on any atom is -0.355 e. The van der Waals surface area contributed by atoms with Crippen LogP contribution in [0.25, 0.3) is 0 Å². The molecule has 1 atom stereocenters. The van der Waals surface area contributed by atoms with E-state index in [9.17, 15) is 14.0 Å². The SMILES string of the molecule is O=C(NCCc1ccccc1Cl)C1CCN(c2ccc(F)cc2)C1=O. The van der Waals surface area contributed by atoms with Gasteiger partial charge in [-0.15, -0.1) is 0 Å². The zero-order chi connectivity index (χ0) is 17.8. The highest BCUT2D eigenvalue weighted by molar-refractivity contribution is 6.31. The Morgan fingerprint density at radius 3 is 2.64 bits per heavy atom. The summed E-state index contributed by atoms with van der Waals surface area (Å²) < 4.78 is 13.0. The first-order chi connectivity index (χ1) is 12.1. The van der Waals surface area contributed by atoms with Gasteiger partial charge >= 0.3 is 0 Å². The van der Waals surface area contributed by atoms with Crippen molar-refractivity contribution in [3.63, 3.8) is 0 Å². The summed E-state index contributed by atoms with van der Waals surface area (Å²) in [6, 6.07) is 13.2. The Balaban J connectivity index is 1.55. The molecule has 0 bridgehead atoms. The fourth-order valence-electron chi connectivity index (χ4n) is 2.95. The van der Waals surface area contributed by atoms with Crippen LogP contribution in [0.2, 0.25) is 5.02 Å². The second-order valence-corrected chi connectivity index (χ2v) is 6.35. The monoisotopic (exact) mass is 360 g/mol. The van der Waals surface area contributed by atoms with Crippen LogP contribution in [0.4, 0.5) is 10.1 Å². The summed E-state index contributed by atoms with van der Waals surface area (Å²) in [6.45, 7) is 0.871. The number of amides is 2. The van der Waals surface area contributed by atoms with Gasteiger partial charge in [-0.25, -0.2) is 4.39 Å². The second kappa shape index (κ2) is 7.66. The average Bonchev–Trinajstić information content (AvgIpc) is 2.99. The lowest BCUT2D eigenvalue weighted by Gasteiger charge is -2.16. The molecule has 2 aromatic rings. The van der Waals surface area contributed by atoms with Crippen LogP contribution in [-0.4, -0.2) is 24.9 Å². The molecule has 6 heteroatoms. The summed E-state index contributed by atoms with van der Waals surface area (Å²) >= 11 is 6.09. The molecule has 0 aromatic heterocycles. The van der Waals surface area contributed by atoms with E-state index in [2.05, 4.69) is 5.32 Å². The Morgan fingerprint density at radius 2 is 1.92 bits per heavy atom. The first kappa shape index (κ1) is 17.4. The molecule has 0 aliphatic carbocycles. The zero-order valence-electron chi connectivity index (χ0n) is 13.5. The Hall–Kier alpha value is -2.40. The van der Waals surface area contributed by atoms with Crippen molar-refractivity contribution in [2.45, 2.75) is 12.8 Å². The molecule has 1 unspecified atom stereocenters. The Kier molecular flexibility index (Phi) is 5.34. The summed E-state index contributed by atoms with van der Waals surface area (Å²) in [5, 5.41) is 3.47. The minimum absolute atomic E-state index is 0.248. The Labute approximate surface area is 150 Å². The van der Waals surface area contributed by atoms with E-state index in [4.69, 9.17) is 11.6 Å². The third-order valence-electron chi connectivity index (χ3n) is 4.31. The predicted molar refractivity (Wildman–Crippen MR) is 95.0 cm³/mol. The molecule has 1 saturated heterocycles. The lowest BCUT2D eigenvalue weighted by molar-refractivity contribution is -0.132. The minimum atomic E-state index is -0.698. The molecular formula is C19H18ClFN2O2. The average molecular weight is 361 g/mol. The third-order valence-corrected chi connectivity index (χ3v) is 4.68. The first-order valence-electron chi connectivity index (χ1n) is 8.14. The molecule has 3 rings (SSSR count). The fourth-order valence-corrected chi connectivity index (χ4v) is 3.18. The number of hydrogen-bond acceptors (Lipinski definition) is 2. The molecule has 0 saturated carbocycles. The summed E-state index contributed by atoms with van der Waals surface area (Å²) in [6.07, 6.45) is 1.06. The number of nitrogens with one attached hydrogen (secondary N) is 1. The lowest BCUT2D eigenvalue weighted by Crippen LogP contribution is -2.37. The van der Waals surface area contributed by atoms with Crippen LogP contribution < -0.4 is 10.2 Å². The quantitative estimate of drug-likeness (QED) is 0.832. The van der Waals surface area contributed by atoms with Crippen molar-refractivity contribution < 1.29 is 14.0 Å². The molecule has 1 fully saturated rings. The number of rotatable bonds is 5. The van der Waals surface area contributed by atoms with E-state index in [1.54, 1.807) is 18.2 Å². The number of carbonyl (C=O) groups excluding carboxylic acids is 2. The number of nitrogens with zero attached hydrogens (tertiary/aromatic N) is 1. The maximum atomic E-state index is 13.0. The molecule has 4 nitrogen and oxygen atoms in total. The maximum absolute atomic E-state index is 13.0. The van der Waals surface area contributed by atoms with Crippen LogP contribution in [0.3, 0.4) is 0 Å². The Bertz CT molecular complexity index is 779. The van der Waals surface area contributed by atoms with E-state index >= 15 is 0 Å². The van der Waals surface area contributed by atoms with Crippen molar-refractivity contribution in [1.29, 1.82) is 0 Å². The number of hydrogen-bond donors (Lipinski definition) is 1. The molecule has 1 aliphatic heterocycles. The van der Waals surface area contributed by atoms with E-state index in [1.165, 1.54) is 17.0 Å². The van der Waals surface area contributed by atoms with Crippen LogP contribution in [0.1, 0.15) is 12.0 Å². The standard InChI is InChI=1S/C19H18ClFN2O2/c20-17-4-2-1-3-13(17)9-11-22-18(24)16-10-12-23(19(16)25)15-7-5-14(21)6-8-15/h1-8,16H,9-12H2,(H,22,24). The van der Waals surface area contributed by atoms with Gasteiger partial charge < -0.3 is 10.2 Å². The number of carbonyl (C=O) groups is 2. The first-order valence-corrected chi connectivity index (χ1v) is 8.52. The highest BCUT2D eigenvalue weighted by Crippen LogP contribution is 2.25. The van der Waals surface area contributed by atoms with Gasteiger partial charge in [0.15, 0.2) is 0 Å². The molecule has 0 radical (unpaired) electrons. The van der Waals surface area contributed by atoms with Crippen LogP contribution >= 0.6 is 11.6 Å².